The van der Waals surface area contributed by atoms with E-state index in [1.165, 1.54) is 4.90 Å². The molecule has 0 aliphatic carbocycles. The van der Waals surface area contributed by atoms with Gasteiger partial charge in [0.25, 0.3) is 0 Å². The minimum atomic E-state index is -1.84. The first-order valence-electron chi connectivity index (χ1n) is 11.9. The molecule has 0 saturated carbocycles. The lowest BCUT2D eigenvalue weighted by Crippen LogP contribution is -2.57. The van der Waals surface area contributed by atoms with E-state index >= 15 is 0 Å². The van der Waals surface area contributed by atoms with Crippen LogP contribution < -0.4 is 21.3 Å². The molecule has 0 bridgehead atoms. The van der Waals surface area contributed by atoms with Gasteiger partial charge < -0.3 is 46.2 Å². The molecule has 0 radical (unpaired) electrons. The summed E-state index contributed by atoms with van der Waals surface area (Å²) >= 11 is 0. The van der Waals surface area contributed by atoms with Crippen molar-refractivity contribution in [2.24, 2.45) is 0 Å². The highest BCUT2D eigenvalue weighted by Gasteiger charge is 2.32. The average Bonchev–Trinajstić information content (AvgIpc) is 2.81. The van der Waals surface area contributed by atoms with Crippen molar-refractivity contribution >= 4 is 47.6 Å². The number of nitrogens with one attached hydrogen (secondary N) is 4. The van der Waals surface area contributed by atoms with Crippen LogP contribution in [-0.4, -0.2) is 113 Å². The summed E-state index contributed by atoms with van der Waals surface area (Å²) in [4.78, 5) is 95.5. The minimum Gasteiger partial charge on any atom is -0.481 e. The molecular formula is C22H35N5O12. The van der Waals surface area contributed by atoms with Crippen LogP contribution in [0.3, 0.4) is 0 Å². The van der Waals surface area contributed by atoms with Gasteiger partial charge in [0.1, 0.15) is 18.1 Å². The van der Waals surface area contributed by atoms with E-state index in [4.69, 9.17) is 20.1 Å². The Kier molecular flexibility index (Phi) is 15.9. The molecular weight excluding hydrogens is 526 g/mol. The number of rotatable bonds is 18. The molecule has 3 unspecified atom stereocenters. The third kappa shape index (κ3) is 15.4. The number of hydrogen-bond donors (Lipinski definition) is 7. The van der Waals surface area contributed by atoms with Gasteiger partial charge in [-0.3, -0.25) is 33.6 Å². The molecule has 0 aliphatic heterocycles. The van der Waals surface area contributed by atoms with Gasteiger partial charge in [-0.25, -0.2) is 4.79 Å². The van der Waals surface area contributed by atoms with Crippen molar-refractivity contribution in [3.63, 3.8) is 0 Å². The van der Waals surface area contributed by atoms with Gasteiger partial charge in [0.05, 0.1) is 25.9 Å². The number of ether oxygens (including phenoxy) is 1. The Labute approximate surface area is 223 Å². The number of carbonyl (C=O) groups excluding carboxylic acids is 5. The molecule has 17 heteroatoms. The van der Waals surface area contributed by atoms with Crippen LogP contribution in [0.2, 0.25) is 0 Å². The van der Waals surface area contributed by atoms with E-state index in [1.54, 1.807) is 7.05 Å². The van der Waals surface area contributed by atoms with Crippen LogP contribution in [0.1, 0.15) is 46.0 Å². The third-order valence-electron chi connectivity index (χ3n) is 4.81. The maximum atomic E-state index is 12.7. The van der Waals surface area contributed by atoms with Crippen molar-refractivity contribution in [3.05, 3.63) is 0 Å². The second-order valence-electron chi connectivity index (χ2n) is 8.35. The highest BCUT2D eigenvalue weighted by atomic mass is 16.6. The van der Waals surface area contributed by atoms with Crippen LogP contribution in [0.5, 0.6) is 0 Å². The molecule has 3 atom stereocenters. The molecule has 0 spiro atoms. The van der Waals surface area contributed by atoms with Crippen molar-refractivity contribution in [1.29, 1.82) is 0 Å². The van der Waals surface area contributed by atoms with Gasteiger partial charge in [-0.2, -0.15) is 0 Å². The van der Waals surface area contributed by atoms with Gasteiger partial charge in [-0.1, -0.05) is 6.92 Å². The summed E-state index contributed by atoms with van der Waals surface area (Å²) in [5.74, 6) is -8.63. The highest BCUT2D eigenvalue weighted by molar-refractivity contribution is 5.97. The summed E-state index contributed by atoms with van der Waals surface area (Å²) in [6, 6.07) is -5.16. The van der Waals surface area contributed by atoms with E-state index in [-0.39, 0.29) is 19.6 Å². The zero-order valence-electron chi connectivity index (χ0n) is 21.9. The molecule has 5 amide bonds. The molecule has 17 nitrogen and oxygen atoms in total. The number of carbonyl (C=O) groups is 8. The zero-order valence-corrected chi connectivity index (χ0v) is 21.9. The Morgan fingerprint density at radius 3 is 1.59 bits per heavy atom. The second kappa shape index (κ2) is 17.9. The molecule has 0 aliphatic rings. The van der Waals surface area contributed by atoms with Crippen molar-refractivity contribution in [3.8, 4) is 0 Å². The average molecular weight is 562 g/mol. The van der Waals surface area contributed by atoms with Crippen LogP contribution in [-0.2, 0) is 38.3 Å². The molecule has 0 aromatic carbocycles. The maximum Gasteiger partial charge on any atom is 0.409 e. The van der Waals surface area contributed by atoms with Gasteiger partial charge in [0, 0.05) is 27.1 Å². The van der Waals surface area contributed by atoms with E-state index in [1.807, 2.05) is 12.2 Å². The third-order valence-corrected chi connectivity index (χ3v) is 4.81. The fourth-order valence-corrected chi connectivity index (χ4v) is 3.05. The van der Waals surface area contributed by atoms with Crippen molar-refractivity contribution < 1.29 is 58.4 Å². The highest BCUT2D eigenvalue weighted by Crippen LogP contribution is 2.02. The normalized spacial score (nSPS) is 12.6. The predicted molar refractivity (Wildman–Crippen MR) is 130 cm³/mol. The van der Waals surface area contributed by atoms with E-state index < -0.39 is 85.0 Å². The van der Waals surface area contributed by atoms with Gasteiger partial charge in [-0.05, 0) is 12.8 Å². The van der Waals surface area contributed by atoms with Crippen LogP contribution in [0, 0.1) is 0 Å². The van der Waals surface area contributed by atoms with Crippen LogP contribution in [0.15, 0.2) is 0 Å². The summed E-state index contributed by atoms with van der Waals surface area (Å²) in [6.45, 7) is 3.27. The van der Waals surface area contributed by atoms with Crippen LogP contribution in [0.25, 0.3) is 0 Å². The van der Waals surface area contributed by atoms with Crippen LogP contribution >= 0.6 is 0 Å². The first-order chi connectivity index (χ1) is 18.2. The number of amides is 5. The van der Waals surface area contributed by atoms with E-state index in [2.05, 4.69) is 16.0 Å². The Bertz CT molecular complexity index is 909. The van der Waals surface area contributed by atoms with Crippen LogP contribution in [0.4, 0.5) is 4.79 Å². The summed E-state index contributed by atoms with van der Waals surface area (Å²) < 4.78 is 5.01. The standard InChI is InChI=1S/C22H35N5O12/c1-4-7-27(3)22(38)39-8-5-6-23-19(35)13(9-16(29)30)25-21(37)15(11-18(33)34)26-20(36)14(10-17(31)32)24-12(2)28/h13-15H,4-11H2,1-3H3,(H,23,35)(H,24,28)(H,25,37)(H,26,36)(H,29,30)(H,31,32)(H,33,34). The van der Waals surface area contributed by atoms with Crippen molar-refractivity contribution in [2.75, 3.05) is 26.7 Å². The fraction of sp³-hybridized carbons (Fsp3) is 0.636. The Balaban J connectivity index is 5.27. The molecule has 0 fully saturated rings. The molecule has 0 heterocycles. The second-order valence-corrected chi connectivity index (χ2v) is 8.35. The Hall–Kier alpha value is -4.44. The first kappa shape index (κ1) is 34.6. The topological polar surface area (TPSA) is 258 Å². The number of carboxylic acids is 3. The van der Waals surface area contributed by atoms with E-state index in [9.17, 15) is 38.4 Å². The number of carboxylic acid groups (broad SMARTS) is 3. The lowest BCUT2D eigenvalue weighted by Gasteiger charge is -2.23. The zero-order chi connectivity index (χ0) is 30.1. The van der Waals surface area contributed by atoms with Gasteiger partial charge in [0.2, 0.25) is 23.6 Å². The summed E-state index contributed by atoms with van der Waals surface area (Å²) in [7, 11) is 1.55. The van der Waals surface area contributed by atoms with Crippen molar-refractivity contribution in [2.45, 2.75) is 64.1 Å². The fourth-order valence-electron chi connectivity index (χ4n) is 3.05. The predicted octanol–water partition coefficient (Wildman–Crippen LogP) is -2.13. The Morgan fingerprint density at radius 2 is 1.18 bits per heavy atom. The maximum absolute atomic E-state index is 12.7. The molecule has 0 saturated heterocycles. The van der Waals surface area contributed by atoms with Gasteiger partial charge in [0.15, 0.2) is 0 Å². The molecule has 39 heavy (non-hydrogen) atoms. The quantitative estimate of drug-likeness (QED) is 0.0885. The number of aliphatic carboxylic acids is 3. The molecule has 7 N–H and O–H groups in total. The van der Waals surface area contributed by atoms with Crippen molar-refractivity contribution in [1.82, 2.24) is 26.2 Å². The SMILES string of the molecule is CCCN(C)C(=O)OCCCNC(=O)C(CC(=O)O)NC(=O)C(CC(=O)O)NC(=O)C(CC(=O)O)NC(C)=O. The first-order valence-corrected chi connectivity index (χ1v) is 11.9. The largest absolute Gasteiger partial charge is 0.481 e. The smallest absolute Gasteiger partial charge is 0.409 e. The number of hydrogen-bond acceptors (Lipinski definition) is 9. The molecule has 0 aromatic heterocycles. The Morgan fingerprint density at radius 1 is 0.744 bits per heavy atom. The summed E-state index contributed by atoms with van der Waals surface area (Å²) in [5, 5.41) is 35.7. The summed E-state index contributed by atoms with van der Waals surface area (Å²) in [5.41, 5.74) is 0. The van der Waals surface area contributed by atoms with E-state index in [0.29, 0.717) is 6.54 Å². The van der Waals surface area contributed by atoms with Gasteiger partial charge in [-0.15, -0.1) is 0 Å². The minimum absolute atomic E-state index is 0.0539. The molecule has 0 rings (SSSR count). The van der Waals surface area contributed by atoms with Gasteiger partial charge >= 0.3 is 24.0 Å². The molecule has 0 aromatic rings. The lowest BCUT2D eigenvalue weighted by molar-refractivity contribution is -0.144. The van der Waals surface area contributed by atoms with E-state index in [0.717, 1.165) is 13.3 Å². The lowest BCUT2D eigenvalue weighted by atomic mass is 10.1. The molecule has 220 valence electrons. The summed E-state index contributed by atoms with van der Waals surface area (Å²) in [6.07, 6.45) is -2.44. The number of nitrogens with zero attached hydrogens (tertiary/aromatic N) is 1. The monoisotopic (exact) mass is 561 g/mol.